The fourth-order valence-corrected chi connectivity index (χ4v) is 2.31. The molecule has 1 atom stereocenters. The molecule has 6 heteroatoms. The summed E-state index contributed by atoms with van der Waals surface area (Å²) in [5.74, 6) is 0.819. The van der Waals surface area contributed by atoms with Gasteiger partial charge in [-0.1, -0.05) is 0 Å². The van der Waals surface area contributed by atoms with E-state index in [-0.39, 0.29) is 0 Å². The lowest BCUT2D eigenvalue weighted by molar-refractivity contribution is 0.0602. The number of carbonyl (C=O) groups is 1. The van der Waals surface area contributed by atoms with Gasteiger partial charge in [-0.15, -0.1) is 0 Å². The number of esters is 1. The van der Waals surface area contributed by atoms with Gasteiger partial charge in [0.2, 0.25) is 0 Å². The zero-order valence-electron chi connectivity index (χ0n) is 10.7. The van der Waals surface area contributed by atoms with Gasteiger partial charge in [-0.3, -0.25) is 0 Å². The van der Waals surface area contributed by atoms with E-state index in [9.17, 15) is 4.79 Å². The molecule has 1 unspecified atom stereocenters. The number of fused-ring (bicyclic) bond motifs is 1. The SMILES string of the molecule is COC(=O)c1cccn2nc(CC3CCOC3)nc12. The van der Waals surface area contributed by atoms with Crippen molar-refractivity contribution in [1.29, 1.82) is 0 Å². The van der Waals surface area contributed by atoms with E-state index >= 15 is 0 Å². The molecular formula is C13H15N3O3. The highest BCUT2D eigenvalue weighted by Crippen LogP contribution is 2.18. The molecule has 2 aromatic heterocycles. The van der Waals surface area contributed by atoms with E-state index in [1.165, 1.54) is 7.11 Å². The Kier molecular flexibility index (Phi) is 3.16. The number of hydrogen-bond donors (Lipinski definition) is 0. The molecule has 0 aliphatic carbocycles. The van der Waals surface area contributed by atoms with Gasteiger partial charge in [-0.2, -0.15) is 5.10 Å². The molecule has 0 radical (unpaired) electrons. The molecule has 1 fully saturated rings. The van der Waals surface area contributed by atoms with Crippen LogP contribution in [0, 0.1) is 5.92 Å². The van der Waals surface area contributed by atoms with Crippen molar-refractivity contribution in [3.8, 4) is 0 Å². The van der Waals surface area contributed by atoms with E-state index in [2.05, 4.69) is 10.1 Å². The zero-order chi connectivity index (χ0) is 13.2. The average molecular weight is 261 g/mol. The second-order valence-electron chi connectivity index (χ2n) is 4.64. The topological polar surface area (TPSA) is 65.7 Å². The number of nitrogens with zero attached hydrogens (tertiary/aromatic N) is 3. The lowest BCUT2D eigenvalue weighted by Crippen LogP contribution is -2.05. The molecule has 0 spiro atoms. The zero-order valence-corrected chi connectivity index (χ0v) is 10.7. The maximum absolute atomic E-state index is 11.7. The van der Waals surface area contributed by atoms with Crippen molar-refractivity contribution < 1.29 is 14.3 Å². The van der Waals surface area contributed by atoms with Gasteiger partial charge in [0, 0.05) is 25.8 Å². The highest BCUT2D eigenvalue weighted by atomic mass is 16.5. The Balaban J connectivity index is 1.93. The van der Waals surface area contributed by atoms with E-state index < -0.39 is 5.97 Å². The maximum atomic E-state index is 11.7. The first-order valence-corrected chi connectivity index (χ1v) is 6.28. The molecular weight excluding hydrogens is 246 g/mol. The number of hydrogen-bond acceptors (Lipinski definition) is 5. The molecule has 2 aromatic rings. The molecule has 19 heavy (non-hydrogen) atoms. The summed E-state index contributed by atoms with van der Waals surface area (Å²) in [4.78, 5) is 16.1. The Morgan fingerprint density at radius 3 is 3.26 bits per heavy atom. The van der Waals surface area contributed by atoms with E-state index in [0.29, 0.717) is 17.1 Å². The summed E-state index contributed by atoms with van der Waals surface area (Å²) >= 11 is 0. The van der Waals surface area contributed by atoms with Crippen LogP contribution in [-0.2, 0) is 15.9 Å². The lowest BCUT2D eigenvalue weighted by Gasteiger charge is -2.01. The van der Waals surface area contributed by atoms with Gasteiger partial charge in [-0.05, 0) is 24.5 Å². The van der Waals surface area contributed by atoms with Crippen LogP contribution in [0.15, 0.2) is 18.3 Å². The Hall–Kier alpha value is -1.95. The molecule has 100 valence electrons. The minimum atomic E-state index is -0.395. The van der Waals surface area contributed by atoms with Gasteiger partial charge in [0.05, 0.1) is 7.11 Å². The summed E-state index contributed by atoms with van der Waals surface area (Å²) in [7, 11) is 1.36. The quantitative estimate of drug-likeness (QED) is 0.774. The third-order valence-electron chi connectivity index (χ3n) is 3.31. The summed E-state index contributed by atoms with van der Waals surface area (Å²) in [6.07, 6.45) is 3.60. The predicted molar refractivity (Wildman–Crippen MR) is 67.0 cm³/mol. The summed E-state index contributed by atoms with van der Waals surface area (Å²) < 4.78 is 11.7. The minimum Gasteiger partial charge on any atom is -0.465 e. The molecule has 0 saturated carbocycles. The second kappa shape index (κ2) is 4.97. The van der Waals surface area contributed by atoms with Crippen LogP contribution in [0.1, 0.15) is 22.6 Å². The average Bonchev–Trinajstić information content (AvgIpc) is 3.06. The first-order chi connectivity index (χ1) is 9.28. The standard InChI is InChI=1S/C13H15N3O3/c1-18-13(17)10-3-2-5-16-12(10)14-11(15-16)7-9-4-6-19-8-9/h2-3,5,9H,4,6-8H2,1H3. The smallest absolute Gasteiger partial charge is 0.341 e. The van der Waals surface area contributed by atoms with E-state index in [1.54, 1.807) is 22.8 Å². The van der Waals surface area contributed by atoms with Crippen LogP contribution in [0.25, 0.3) is 5.65 Å². The number of carbonyl (C=O) groups excluding carboxylic acids is 1. The van der Waals surface area contributed by atoms with Crippen LogP contribution in [0.3, 0.4) is 0 Å². The van der Waals surface area contributed by atoms with Crippen molar-refractivity contribution in [3.05, 3.63) is 29.7 Å². The van der Waals surface area contributed by atoms with Gasteiger partial charge in [0.25, 0.3) is 0 Å². The van der Waals surface area contributed by atoms with E-state index in [4.69, 9.17) is 9.47 Å². The summed E-state index contributed by atoms with van der Waals surface area (Å²) in [6, 6.07) is 3.45. The van der Waals surface area contributed by atoms with Crippen molar-refractivity contribution >= 4 is 11.6 Å². The molecule has 0 aromatic carbocycles. The number of aromatic nitrogens is 3. The third kappa shape index (κ3) is 2.31. The molecule has 3 rings (SSSR count). The maximum Gasteiger partial charge on any atom is 0.341 e. The predicted octanol–water partition coefficient (Wildman–Crippen LogP) is 1.09. The van der Waals surface area contributed by atoms with Crippen LogP contribution in [0.5, 0.6) is 0 Å². The first kappa shape index (κ1) is 12.1. The number of pyridine rings is 1. The number of methoxy groups -OCH3 is 1. The van der Waals surface area contributed by atoms with Gasteiger partial charge >= 0.3 is 5.97 Å². The molecule has 0 amide bonds. The van der Waals surface area contributed by atoms with Gasteiger partial charge in [0.1, 0.15) is 5.56 Å². The van der Waals surface area contributed by atoms with Gasteiger partial charge in [0.15, 0.2) is 11.5 Å². The monoisotopic (exact) mass is 261 g/mol. The molecule has 6 nitrogen and oxygen atoms in total. The highest BCUT2D eigenvalue weighted by molar-refractivity contribution is 5.95. The molecule has 1 saturated heterocycles. The van der Waals surface area contributed by atoms with Crippen molar-refractivity contribution in [2.24, 2.45) is 5.92 Å². The molecule has 0 N–H and O–H groups in total. The van der Waals surface area contributed by atoms with Crippen LogP contribution in [0.2, 0.25) is 0 Å². The van der Waals surface area contributed by atoms with Crippen LogP contribution in [-0.4, -0.2) is 40.9 Å². The molecule has 0 bridgehead atoms. The highest BCUT2D eigenvalue weighted by Gasteiger charge is 2.20. The van der Waals surface area contributed by atoms with Crippen molar-refractivity contribution in [3.63, 3.8) is 0 Å². The molecule has 3 heterocycles. The lowest BCUT2D eigenvalue weighted by atomic mass is 10.1. The van der Waals surface area contributed by atoms with Crippen molar-refractivity contribution in [1.82, 2.24) is 14.6 Å². The first-order valence-electron chi connectivity index (χ1n) is 6.28. The van der Waals surface area contributed by atoms with Crippen molar-refractivity contribution in [2.45, 2.75) is 12.8 Å². The normalized spacial score (nSPS) is 18.9. The third-order valence-corrected chi connectivity index (χ3v) is 3.31. The van der Waals surface area contributed by atoms with Gasteiger partial charge < -0.3 is 9.47 Å². The Morgan fingerprint density at radius 2 is 2.53 bits per heavy atom. The van der Waals surface area contributed by atoms with Crippen LogP contribution in [0.4, 0.5) is 0 Å². The summed E-state index contributed by atoms with van der Waals surface area (Å²) in [6.45, 7) is 1.57. The number of ether oxygens (including phenoxy) is 2. The Morgan fingerprint density at radius 1 is 1.63 bits per heavy atom. The largest absolute Gasteiger partial charge is 0.465 e. The summed E-state index contributed by atoms with van der Waals surface area (Å²) in [5.41, 5.74) is 0.981. The van der Waals surface area contributed by atoms with Crippen LogP contribution < -0.4 is 0 Å². The fourth-order valence-electron chi connectivity index (χ4n) is 2.31. The summed E-state index contributed by atoms with van der Waals surface area (Å²) in [5, 5.41) is 4.40. The van der Waals surface area contributed by atoms with E-state index in [1.807, 2.05) is 0 Å². The minimum absolute atomic E-state index is 0.395. The Bertz CT molecular complexity index is 602. The number of rotatable bonds is 3. The van der Waals surface area contributed by atoms with Crippen LogP contribution >= 0.6 is 0 Å². The fraction of sp³-hybridized carbons (Fsp3) is 0.462. The molecule has 1 aliphatic heterocycles. The van der Waals surface area contributed by atoms with E-state index in [0.717, 1.165) is 31.9 Å². The second-order valence-corrected chi connectivity index (χ2v) is 4.64. The van der Waals surface area contributed by atoms with Gasteiger partial charge in [-0.25, -0.2) is 14.3 Å². The van der Waals surface area contributed by atoms with Crippen molar-refractivity contribution in [2.75, 3.05) is 20.3 Å². The molecule has 1 aliphatic rings. The Labute approximate surface area is 110 Å².